The van der Waals surface area contributed by atoms with Gasteiger partial charge in [0.25, 0.3) is 0 Å². The lowest BCUT2D eigenvalue weighted by Crippen LogP contribution is -1.85. The van der Waals surface area contributed by atoms with Crippen LogP contribution in [-0.2, 0) is 0 Å². The second-order valence-electron chi connectivity index (χ2n) is 2.04. The number of hydrogen-bond donors (Lipinski definition) is 1. The van der Waals surface area contributed by atoms with Crippen molar-refractivity contribution in [2.24, 2.45) is 0 Å². The van der Waals surface area contributed by atoms with Crippen LogP contribution in [0.5, 0.6) is 11.5 Å². The van der Waals surface area contributed by atoms with Gasteiger partial charge in [-0.15, -0.1) is 0 Å². The lowest BCUT2D eigenvalue weighted by molar-refractivity contribution is 0.373. The van der Waals surface area contributed by atoms with E-state index in [1.54, 1.807) is 0 Å². The van der Waals surface area contributed by atoms with Crippen LogP contribution < -0.4 is 4.74 Å². The van der Waals surface area contributed by atoms with Crippen molar-refractivity contribution < 1.29 is 9.84 Å². The highest BCUT2D eigenvalue weighted by Gasteiger charge is 2.13. The molecule has 0 aromatic heterocycles. The van der Waals surface area contributed by atoms with Gasteiger partial charge in [0.1, 0.15) is 5.02 Å². The molecule has 0 aliphatic carbocycles. The average Bonchev–Trinajstić information content (AvgIpc) is 2.08. The molecule has 1 aromatic carbocycles. The van der Waals surface area contributed by atoms with E-state index in [0.29, 0.717) is 0 Å². The van der Waals surface area contributed by atoms with Gasteiger partial charge in [0, 0.05) is 6.07 Å². The Balaban J connectivity index is 3.39. The minimum atomic E-state index is -0.200. The number of rotatable bonds is 1. The average molecular weight is 227 g/mol. The normalized spacial score (nSPS) is 10.0. The van der Waals surface area contributed by atoms with Gasteiger partial charge in [0.05, 0.1) is 17.2 Å². The summed E-state index contributed by atoms with van der Waals surface area (Å²) in [6.45, 7) is 0. The molecule has 0 saturated carbocycles. The molecule has 0 aliphatic rings. The zero-order valence-corrected chi connectivity index (χ0v) is 8.33. The van der Waals surface area contributed by atoms with Crippen molar-refractivity contribution >= 4 is 34.8 Å². The summed E-state index contributed by atoms with van der Waals surface area (Å²) in [5.74, 6) is 0.00275. The Morgan fingerprint density at radius 1 is 1.25 bits per heavy atom. The monoisotopic (exact) mass is 226 g/mol. The maximum absolute atomic E-state index is 9.30. The Bertz CT molecular complexity index is 312. The molecule has 0 radical (unpaired) electrons. The number of aromatic hydroxyl groups is 1. The molecule has 0 bridgehead atoms. The Hall–Kier alpha value is -0.310. The number of hydrogen-bond acceptors (Lipinski definition) is 2. The molecular weight excluding hydrogens is 222 g/mol. The summed E-state index contributed by atoms with van der Waals surface area (Å²) in [7, 11) is 1.40. The molecule has 0 unspecified atom stereocenters. The van der Waals surface area contributed by atoms with Crippen LogP contribution in [-0.4, -0.2) is 12.2 Å². The van der Waals surface area contributed by atoms with Crippen LogP contribution in [0.1, 0.15) is 0 Å². The van der Waals surface area contributed by atoms with Gasteiger partial charge < -0.3 is 9.84 Å². The van der Waals surface area contributed by atoms with Crippen LogP contribution in [0.15, 0.2) is 6.07 Å². The van der Waals surface area contributed by atoms with Crippen molar-refractivity contribution in [2.75, 3.05) is 7.11 Å². The topological polar surface area (TPSA) is 29.5 Å². The van der Waals surface area contributed by atoms with Crippen molar-refractivity contribution in [3.63, 3.8) is 0 Å². The predicted molar refractivity (Wildman–Crippen MR) is 49.7 cm³/mol. The number of ether oxygens (including phenoxy) is 1. The molecule has 0 atom stereocenters. The van der Waals surface area contributed by atoms with E-state index in [1.165, 1.54) is 13.2 Å². The van der Waals surface area contributed by atoms with Gasteiger partial charge >= 0.3 is 0 Å². The summed E-state index contributed by atoms with van der Waals surface area (Å²) < 4.78 is 4.78. The highest BCUT2D eigenvalue weighted by atomic mass is 35.5. The molecule has 66 valence electrons. The SMILES string of the molecule is COc1cc(Cl)c(Cl)c(Cl)c1O. The molecule has 0 saturated heterocycles. The molecule has 0 spiro atoms. The fourth-order valence-corrected chi connectivity index (χ4v) is 1.30. The van der Waals surface area contributed by atoms with Gasteiger partial charge in [-0.3, -0.25) is 0 Å². The second kappa shape index (κ2) is 3.60. The van der Waals surface area contributed by atoms with Gasteiger partial charge in [-0.2, -0.15) is 0 Å². The fourth-order valence-electron chi connectivity index (χ4n) is 0.719. The molecule has 0 amide bonds. The van der Waals surface area contributed by atoms with E-state index in [-0.39, 0.29) is 26.6 Å². The van der Waals surface area contributed by atoms with Crippen molar-refractivity contribution in [3.8, 4) is 11.5 Å². The molecule has 1 rings (SSSR count). The summed E-state index contributed by atoms with van der Waals surface area (Å²) in [5, 5.41) is 9.67. The molecule has 1 aromatic rings. The zero-order chi connectivity index (χ0) is 9.30. The Kier molecular flexibility index (Phi) is 2.94. The Morgan fingerprint density at radius 3 is 2.33 bits per heavy atom. The van der Waals surface area contributed by atoms with Crippen molar-refractivity contribution in [3.05, 3.63) is 21.1 Å². The van der Waals surface area contributed by atoms with E-state index in [9.17, 15) is 5.11 Å². The third kappa shape index (κ3) is 1.56. The lowest BCUT2D eigenvalue weighted by Gasteiger charge is -2.06. The largest absolute Gasteiger partial charge is 0.503 e. The lowest BCUT2D eigenvalue weighted by atomic mass is 10.3. The summed E-state index contributed by atoms with van der Waals surface area (Å²) in [6.07, 6.45) is 0. The van der Waals surface area contributed by atoms with Gasteiger partial charge in [0.15, 0.2) is 11.5 Å². The van der Waals surface area contributed by atoms with Crippen molar-refractivity contribution in [1.82, 2.24) is 0 Å². The molecule has 2 nitrogen and oxygen atoms in total. The van der Waals surface area contributed by atoms with E-state index in [2.05, 4.69) is 0 Å². The standard InChI is InChI=1S/C7H5Cl3O2/c1-12-4-2-3(8)5(9)6(10)7(4)11/h2,11H,1H3. The smallest absolute Gasteiger partial charge is 0.178 e. The summed E-state index contributed by atoms with van der Waals surface area (Å²) >= 11 is 16.9. The molecule has 0 fully saturated rings. The third-order valence-electron chi connectivity index (χ3n) is 1.32. The molecular formula is C7H5Cl3O2. The first-order chi connectivity index (χ1) is 5.57. The van der Waals surface area contributed by atoms with Crippen molar-refractivity contribution in [1.29, 1.82) is 0 Å². The summed E-state index contributed by atoms with van der Waals surface area (Å²) in [6, 6.07) is 1.39. The van der Waals surface area contributed by atoms with Gasteiger partial charge in [-0.05, 0) is 0 Å². The molecule has 0 aliphatic heterocycles. The van der Waals surface area contributed by atoms with Crippen LogP contribution >= 0.6 is 34.8 Å². The van der Waals surface area contributed by atoms with E-state index in [0.717, 1.165) is 0 Å². The molecule has 0 heterocycles. The number of methoxy groups -OCH3 is 1. The minimum Gasteiger partial charge on any atom is -0.503 e. The minimum absolute atomic E-state index is 0.000941. The second-order valence-corrected chi connectivity index (χ2v) is 3.20. The van der Waals surface area contributed by atoms with Crippen LogP contribution in [0.25, 0.3) is 0 Å². The number of phenols is 1. The maximum atomic E-state index is 9.30. The van der Waals surface area contributed by atoms with E-state index in [4.69, 9.17) is 39.5 Å². The van der Waals surface area contributed by atoms with Crippen LogP contribution in [0, 0.1) is 0 Å². The number of phenolic OH excluding ortho intramolecular Hbond substituents is 1. The maximum Gasteiger partial charge on any atom is 0.178 e. The highest BCUT2D eigenvalue weighted by molar-refractivity contribution is 6.48. The third-order valence-corrected chi connectivity index (χ3v) is 2.57. The van der Waals surface area contributed by atoms with Crippen molar-refractivity contribution in [2.45, 2.75) is 0 Å². The molecule has 12 heavy (non-hydrogen) atoms. The molecule has 5 heteroatoms. The van der Waals surface area contributed by atoms with Crippen LogP contribution in [0.3, 0.4) is 0 Å². The predicted octanol–water partition coefficient (Wildman–Crippen LogP) is 3.36. The Morgan fingerprint density at radius 2 is 1.83 bits per heavy atom. The Labute approximate surface area is 84.6 Å². The number of halogens is 3. The van der Waals surface area contributed by atoms with E-state index in [1.807, 2.05) is 0 Å². The first-order valence-electron chi connectivity index (χ1n) is 2.98. The quantitative estimate of drug-likeness (QED) is 0.746. The fraction of sp³-hybridized carbons (Fsp3) is 0.143. The highest BCUT2D eigenvalue weighted by Crippen LogP contribution is 2.43. The number of benzene rings is 1. The summed E-state index contributed by atoms with van der Waals surface area (Å²) in [4.78, 5) is 0. The van der Waals surface area contributed by atoms with Gasteiger partial charge in [-0.25, -0.2) is 0 Å². The first-order valence-corrected chi connectivity index (χ1v) is 4.11. The van der Waals surface area contributed by atoms with Gasteiger partial charge in [0.2, 0.25) is 0 Å². The first kappa shape index (κ1) is 9.78. The van der Waals surface area contributed by atoms with Crippen LogP contribution in [0.2, 0.25) is 15.1 Å². The summed E-state index contributed by atoms with van der Waals surface area (Å²) in [5.41, 5.74) is 0. The van der Waals surface area contributed by atoms with Gasteiger partial charge in [-0.1, -0.05) is 34.8 Å². The van der Waals surface area contributed by atoms with E-state index >= 15 is 0 Å². The van der Waals surface area contributed by atoms with Crippen LogP contribution in [0.4, 0.5) is 0 Å². The molecule has 1 N–H and O–H groups in total. The zero-order valence-electron chi connectivity index (χ0n) is 6.07. The van der Waals surface area contributed by atoms with E-state index < -0.39 is 0 Å².